The van der Waals surface area contributed by atoms with Gasteiger partial charge < -0.3 is 10.5 Å². The van der Waals surface area contributed by atoms with Crippen LogP contribution < -0.4 is 10.5 Å². The highest BCUT2D eigenvalue weighted by Gasteiger charge is 2.34. The summed E-state index contributed by atoms with van der Waals surface area (Å²) in [6.45, 7) is 0. The van der Waals surface area contributed by atoms with Crippen LogP contribution in [-0.2, 0) is 6.18 Å². The Kier molecular flexibility index (Phi) is 4.44. The summed E-state index contributed by atoms with van der Waals surface area (Å²) in [4.78, 5) is 0. The molecule has 1 unspecified atom stereocenters. The van der Waals surface area contributed by atoms with Gasteiger partial charge in [0.15, 0.2) is 0 Å². The molecule has 0 aliphatic carbocycles. The molecule has 0 spiro atoms. The quantitative estimate of drug-likeness (QED) is 0.910. The molecule has 0 heterocycles. The lowest BCUT2D eigenvalue weighted by molar-refractivity contribution is -0.138. The second-order valence-electron chi connectivity index (χ2n) is 4.45. The Morgan fingerprint density at radius 2 is 1.76 bits per heavy atom. The standard InChI is InChI=1S/C15H13ClF3NO/c1-21-9-6-7-11(13(16)8-9)14(20)10-4-2-3-5-12(10)15(17,18)19/h2-8,14H,20H2,1H3. The van der Waals surface area contributed by atoms with Gasteiger partial charge in [0.1, 0.15) is 5.75 Å². The summed E-state index contributed by atoms with van der Waals surface area (Å²) in [6.07, 6.45) is -4.47. The van der Waals surface area contributed by atoms with E-state index in [-0.39, 0.29) is 10.6 Å². The molecule has 0 fully saturated rings. The van der Waals surface area contributed by atoms with Crippen LogP contribution in [0.2, 0.25) is 5.02 Å². The van der Waals surface area contributed by atoms with E-state index in [1.165, 1.54) is 31.4 Å². The van der Waals surface area contributed by atoms with E-state index in [2.05, 4.69) is 0 Å². The second-order valence-corrected chi connectivity index (χ2v) is 4.86. The molecule has 0 radical (unpaired) electrons. The first-order valence-corrected chi connectivity index (χ1v) is 6.47. The molecule has 0 aromatic heterocycles. The molecular formula is C15H13ClF3NO. The average molecular weight is 316 g/mol. The third kappa shape index (κ3) is 3.31. The molecule has 0 saturated carbocycles. The van der Waals surface area contributed by atoms with Gasteiger partial charge in [-0.15, -0.1) is 0 Å². The zero-order chi connectivity index (χ0) is 15.6. The molecular weight excluding hydrogens is 303 g/mol. The normalized spacial score (nSPS) is 13.0. The number of benzene rings is 2. The van der Waals surface area contributed by atoms with Gasteiger partial charge in [0.05, 0.1) is 18.7 Å². The number of nitrogens with two attached hydrogens (primary N) is 1. The molecule has 0 saturated heterocycles. The summed E-state index contributed by atoms with van der Waals surface area (Å²) in [6, 6.07) is 8.93. The minimum atomic E-state index is -4.47. The van der Waals surface area contributed by atoms with Crippen LogP contribution in [0.4, 0.5) is 13.2 Å². The van der Waals surface area contributed by atoms with Crippen molar-refractivity contribution in [3.8, 4) is 5.75 Å². The summed E-state index contributed by atoms with van der Waals surface area (Å²) in [7, 11) is 1.48. The molecule has 112 valence electrons. The van der Waals surface area contributed by atoms with Crippen molar-refractivity contribution in [3.05, 3.63) is 64.2 Å². The number of halogens is 4. The van der Waals surface area contributed by atoms with Crippen molar-refractivity contribution < 1.29 is 17.9 Å². The Hall–Kier alpha value is -1.72. The molecule has 2 rings (SSSR count). The highest BCUT2D eigenvalue weighted by atomic mass is 35.5. The van der Waals surface area contributed by atoms with Crippen LogP contribution >= 0.6 is 11.6 Å². The largest absolute Gasteiger partial charge is 0.497 e. The number of methoxy groups -OCH3 is 1. The van der Waals surface area contributed by atoms with Gasteiger partial charge in [0.2, 0.25) is 0 Å². The van der Waals surface area contributed by atoms with Crippen molar-refractivity contribution in [1.82, 2.24) is 0 Å². The van der Waals surface area contributed by atoms with Gasteiger partial charge in [0.25, 0.3) is 0 Å². The Labute approximate surface area is 125 Å². The molecule has 1 atom stereocenters. The zero-order valence-electron chi connectivity index (χ0n) is 11.1. The smallest absolute Gasteiger partial charge is 0.416 e. The Balaban J connectivity index is 2.48. The molecule has 2 aromatic carbocycles. The minimum Gasteiger partial charge on any atom is -0.497 e. The van der Waals surface area contributed by atoms with Gasteiger partial charge in [-0.3, -0.25) is 0 Å². The van der Waals surface area contributed by atoms with Crippen LogP contribution in [0.15, 0.2) is 42.5 Å². The van der Waals surface area contributed by atoms with Gasteiger partial charge >= 0.3 is 6.18 Å². The number of ether oxygens (including phenoxy) is 1. The second kappa shape index (κ2) is 5.95. The summed E-state index contributed by atoms with van der Waals surface area (Å²) < 4.78 is 44.1. The molecule has 0 bridgehead atoms. The zero-order valence-corrected chi connectivity index (χ0v) is 11.9. The first kappa shape index (κ1) is 15.7. The Morgan fingerprint density at radius 3 is 2.33 bits per heavy atom. The lowest BCUT2D eigenvalue weighted by Gasteiger charge is -2.19. The van der Waals surface area contributed by atoms with Crippen molar-refractivity contribution >= 4 is 11.6 Å². The molecule has 21 heavy (non-hydrogen) atoms. The summed E-state index contributed by atoms with van der Waals surface area (Å²) in [5.41, 5.74) is 5.62. The third-order valence-electron chi connectivity index (χ3n) is 3.14. The molecule has 0 aliphatic heterocycles. The lowest BCUT2D eigenvalue weighted by atomic mass is 9.94. The number of hydrogen-bond donors (Lipinski definition) is 1. The first-order valence-electron chi connectivity index (χ1n) is 6.09. The summed E-state index contributed by atoms with van der Waals surface area (Å²) in [5.74, 6) is 0.514. The van der Waals surface area contributed by atoms with E-state index in [0.29, 0.717) is 11.3 Å². The average Bonchev–Trinajstić information content (AvgIpc) is 2.45. The van der Waals surface area contributed by atoms with Crippen LogP contribution in [0.5, 0.6) is 5.75 Å². The fourth-order valence-electron chi connectivity index (χ4n) is 2.08. The minimum absolute atomic E-state index is 0.0166. The monoisotopic (exact) mass is 315 g/mol. The maximum Gasteiger partial charge on any atom is 0.416 e. The highest BCUT2D eigenvalue weighted by Crippen LogP contribution is 2.37. The van der Waals surface area contributed by atoms with Gasteiger partial charge in [0, 0.05) is 5.02 Å². The summed E-state index contributed by atoms with van der Waals surface area (Å²) >= 11 is 6.08. The number of alkyl halides is 3. The van der Waals surface area contributed by atoms with E-state index in [1.54, 1.807) is 12.1 Å². The molecule has 6 heteroatoms. The van der Waals surface area contributed by atoms with Crippen LogP contribution in [0.25, 0.3) is 0 Å². The molecule has 0 aliphatic rings. The van der Waals surface area contributed by atoms with E-state index in [4.69, 9.17) is 22.1 Å². The van der Waals surface area contributed by atoms with Crippen molar-refractivity contribution in [1.29, 1.82) is 0 Å². The fraction of sp³-hybridized carbons (Fsp3) is 0.200. The molecule has 2 aromatic rings. The molecule has 2 N–H and O–H groups in total. The lowest BCUT2D eigenvalue weighted by Crippen LogP contribution is -2.18. The number of rotatable bonds is 3. The predicted octanol–water partition coefficient (Wildman–Crippen LogP) is 4.42. The van der Waals surface area contributed by atoms with Crippen LogP contribution in [0.1, 0.15) is 22.7 Å². The predicted molar refractivity (Wildman–Crippen MR) is 75.5 cm³/mol. The molecule has 0 amide bonds. The van der Waals surface area contributed by atoms with E-state index in [9.17, 15) is 13.2 Å². The first-order chi connectivity index (χ1) is 9.84. The summed E-state index contributed by atoms with van der Waals surface area (Å²) in [5, 5.41) is 0.263. The van der Waals surface area contributed by atoms with Crippen LogP contribution in [0.3, 0.4) is 0 Å². The van der Waals surface area contributed by atoms with Crippen LogP contribution in [0, 0.1) is 0 Å². The van der Waals surface area contributed by atoms with Crippen molar-refractivity contribution in [3.63, 3.8) is 0 Å². The number of hydrogen-bond acceptors (Lipinski definition) is 2. The Bertz CT molecular complexity index is 643. The van der Waals surface area contributed by atoms with Gasteiger partial charge in [-0.25, -0.2) is 0 Å². The third-order valence-corrected chi connectivity index (χ3v) is 3.47. The SMILES string of the molecule is COc1ccc(C(N)c2ccccc2C(F)(F)F)c(Cl)c1. The van der Waals surface area contributed by atoms with E-state index < -0.39 is 17.8 Å². The highest BCUT2D eigenvalue weighted by molar-refractivity contribution is 6.31. The fourth-order valence-corrected chi connectivity index (χ4v) is 2.37. The van der Waals surface area contributed by atoms with E-state index in [1.807, 2.05) is 0 Å². The van der Waals surface area contributed by atoms with Crippen LogP contribution in [-0.4, -0.2) is 7.11 Å². The maximum atomic E-state index is 13.0. The topological polar surface area (TPSA) is 35.2 Å². The molecule has 2 nitrogen and oxygen atoms in total. The van der Waals surface area contributed by atoms with Gasteiger partial charge in [-0.2, -0.15) is 13.2 Å². The van der Waals surface area contributed by atoms with Crippen molar-refractivity contribution in [2.75, 3.05) is 7.11 Å². The van der Waals surface area contributed by atoms with Gasteiger partial charge in [-0.05, 0) is 29.3 Å². The van der Waals surface area contributed by atoms with Crippen molar-refractivity contribution in [2.24, 2.45) is 5.73 Å². The van der Waals surface area contributed by atoms with Gasteiger partial charge in [-0.1, -0.05) is 35.9 Å². The Morgan fingerprint density at radius 1 is 1.10 bits per heavy atom. The maximum absolute atomic E-state index is 13.0. The van der Waals surface area contributed by atoms with E-state index >= 15 is 0 Å². The van der Waals surface area contributed by atoms with Crippen molar-refractivity contribution in [2.45, 2.75) is 12.2 Å². The van der Waals surface area contributed by atoms with E-state index in [0.717, 1.165) is 6.07 Å².